The van der Waals surface area contributed by atoms with Crippen molar-refractivity contribution < 1.29 is 48.5 Å². The van der Waals surface area contributed by atoms with Gasteiger partial charge in [-0.05, 0) is 66.6 Å². The van der Waals surface area contributed by atoms with E-state index in [0.29, 0.717) is 12.0 Å². The van der Waals surface area contributed by atoms with E-state index >= 15 is 0 Å². The Hall–Kier alpha value is -2.33. The molecule has 0 aromatic carbocycles. The summed E-state index contributed by atoms with van der Waals surface area (Å²) in [5.41, 5.74) is -2.61. The van der Waals surface area contributed by atoms with Crippen LogP contribution in [0.1, 0.15) is 74.7 Å². The number of ether oxygens (including phenoxy) is 5. The number of hydrogen-bond acceptors (Lipinski definition) is 12. The summed E-state index contributed by atoms with van der Waals surface area (Å²) in [7, 11) is 3.69. The zero-order valence-corrected chi connectivity index (χ0v) is 29.5. The van der Waals surface area contributed by atoms with E-state index in [-0.39, 0.29) is 43.9 Å². The van der Waals surface area contributed by atoms with Crippen LogP contribution in [-0.2, 0) is 33.3 Å². The molecule has 0 amide bonds. The van der Waals surface area contributed by atoms with Crippen LogP contribution in [0, 0.1) is 33.8 Å². The molecular formula is C33H55N3O11. The average Bonchev–Trinajstić information content (AvgIpc) is 3.00. The molecule has 3 rings (SSSR count). The van der Waals surface area contributed by atoms with Gasteiger partial charge in [0, 0.05) is 23.8 Å². The monoisotopic (exact) mass is 669 g/mol. The fourth-order valence-corrected chi connectivity index (χ4v) is 7.48. The number of Topliss-reactive ketones (excluding diaryl/α,β-unsaturated/α-hetero) is 1. The molecule has 3 saturated heterocycles. The number of nitrogens with zero attached hydrogens (tertiary/aromatic N) is 3. The van der Waals surface area contributed by atoms with Crippen LogP contribution >= 0.6 is 0 Å². The Bertz CT molecular complexity index is 1190. The second kappa shape index (κ2) is 15.5. The van der Waals surface area contributed by atoms with Gasteiger partial charge >= 0.3 is 5.97 Å². The van der Waals surface area contributed by atoms with Crippen molar-refractivity contribution in [1.29, 1.82) is 0 Å². The number of hydrogen-bond donors (Lipinski definition) is 2. The Morgan fingerprint density at radius 3 is 2.34 bits per heavy atom. The molecule has 0 unspecified atom stereocenters. The highest BCUT2D eigenvalue weighted by Gasteiger charge is 2.53. The molecule has 2 N–H and O–H groups in total. The van der Waals surface area contributed by atoms with Gasteiger partial charge in [-0.25, -0.2) is 10.1 Å². The summed E-state index contributed by atoms with van der Waals surface area (Å²) in [6.45, 7) is 17.2. The van der Waals surface area contributed by atoms with Gasteiger partial charge in [0.15, 0.2) is 17.1 Å². The number of rotatable bonds is 5. The quantitative estimate of drug-likeness (QED) is 0.144. The third-order valence-corrected chi connectivity index (χ3v) is 10.1. The first-order valence-electron chi connectivity index (χ1n) is 16.5. The van der Waals surface area contributed by atoms with Gasteiger partial charge in [-0.15, -0.1) is 0 Å². The van der Waals surface area contributed by atoms with E-state index in [1.807, 2.05) is 25.9 Å². The van der Waals surface area contributed by atoms with Crippen molar-refractivity contribution >= 4 is 17.5 Å². The minimum atomic E-state index is -1.85. The second-order valence-corrected chi connectivity index (χ2v) is 14.3. The van der Waals surface area contributed by atoms with E-state index in [9.17, 15) is 29.9 Å². The van der Waals surface area contributed by atoms with Crippen LogP contribution in [0.3, 0.4) is 0 Å². The summed E-state index contributed by atoms with van der Waals surface area (Å²) < 4.78 is 31.3. The lowest BCUT2D eigenvalue weighted by Crippen LogP contribution is -2.60. The second-order valence-electron chi connectivity index (χ2n) is 14.3. The molecule has 13 atom stereocenters. The third-order valence-electron chi connectivity index (χ3n) is 10.1. The normalized spacial score (nSPS) is 44.0. The Morgan fingerprint density at radius 1 is 1.13 bits per heavy atom. The highest BCUT2D eigenvalue weighted by atomic mass is 16.7. The van der Waals surface area contributed by atoms with Gasteiger partial charge in [0.1, 0.15) is 23.7 Å². The van der Waals surface area contributed by atoms with E-state index < -0.39 is 82.4 Å². The van der Waals surface area contributed by atoms with Crippen molar-refractivity contribution in [3.8, 4) is 0 Å². The lowest BCUT2D eigenvalue weighted by Gasteiger charge is -2.47. The maximum absolute atomic E-state index is 14.1. The number of likely N-dealkylation sites (N-methyl/N-ethyl adjacent to an activating group) is 1. The molecular weight excluding hydrogens is 614 g/mol. The molecule has 3 heterocycles. The van der Waals surface area contributed by atoms with Crippen LogP contribution in [-0.4, -0.2) is 119 Å². The van der Waals surface area contributed by atoms with Crippen molar-refractivity contribution in [3.05, 3.63) is 22.3 Å². The van der Waals surface area contributed by atoms with E-state index in [0.717, 1.165) is 0 Å². The number of nitro groups is 1. The molecule has 3 aliphatic heterocycles. The van der Waals surface area contributed by atoms with Gasteiger partial charge in [0.05, 0.1) is 47.9 Å². The highest BCUT2D eigenvalue weighted by molar-refractivity contribution is 6.00. The number of carbonyl (C=O) groups is 2. The summed E-state index contributed by atoms with van der Waals surface area (Å²) in [4.78, 5) is 41.5. The summed E-state index contributed by atoms with van der Waals surface area (Å²) in [5, 5.41) is 38.3. The van der Waals surface area contributed by atoms with Gasteiger partial charge < -0.3 is 38.8 Å². The van der Waals surface area contributed by atoms with E-state index in [2.05, 4.69) is 11.7 Å². The molecule has 0 radical (unpaired) electrons. The van der Waals surface area contributed by atoms with Crippen LogP contribution in [0.4, 0.5) is 0 Å². The number of aliphatic hydroxyl groups excluding tert-OH is 1. The zero-order chi connectivity index (χ0) is 35.6. The first kappa shape index (κ1) is 39.1. The number of ketones is 1. The molecule has 14 nitrogen and oxygen atoms in total. The van der Waals surface area contributed by atoms with E-state index in [4.69, 9.17) is 23.7 Å². The molecule has 0 aliphatic carbocycles. The predicted molar refractivity (Wildman–Crippen MR) is 172 cm³/mol. The number of esters is 1. The number of carbonyl (C=O) groups excluding carboxylic acids is 2. The number of fused-ring (bicyclic) bond motifs is 5. The molecule has 0 aromatic rings. The van der Waals surface area contributed by atoms with Crippen LogP contribution < -0.4 is 0 Å². The molecule has 0 saturated carbocycles. The van der Waals surface area contributed by atoms with Gasteiger partial charge in [-0.3, -0.25) is 9.59 Å². The van der Waals surface area contributed by atoms with E-state index in [1.165, 1.54) is 13.8 Å². The van der Waals surface area contributed by atoms with Crippen molar-refractivity contribution in [2.75, 3.05) is 27.3 Å². The lowest BCUT2D eigenvalue weighted by atomic mass is 9.74. The maximum atomic E-state index is 14.1. The molecule has 3 fully saturated rings. The van der Waals surface area contributed by atoms with Crippen LogP contribution in [0.15, 0.2) is 17.3 Å². The smallest absolute Gasteiger partial charge is 0.316 e. The highest BCUT2D eigenvalue weighted by Crippen LogP contribution is 2.40. The standard InChI is InChI=1S/C33H55N3O11/c1-12-24-33(9,40)29-20(5)25(34-36(41)42)18(3)14-32(8,44-16-17(2)15-43-29)28(21(6)26(37)22(7)30(39)46-24)47-31-27(38)23(35(10)11)13-19(4)45-31/h18-24,27-29,31,38,40H,2,12-16H2,1,3-11H3/b34-25+/t18-,19-,20+,21+,22-,23+,24-,27-,28-,29+,31+,32-,33-/m1/s1. The molecule has 2 bridgehead atoms. The lowest BCUT2D eigenvalue weighted by molar-refractivity contribution is -0.485. The van der Waals surface area contributed by atoms with Gasteiger partial charge in [0.2, 0.25) is 0 Å². The largest absolute Gasteiger partial charge is 0.459 e. The maximum Gasteiger partial charge on any atom is 0.316 e. The molecule has 0 spiro atoms. The first-order chi connectivity index (χ1) is 21.7. The Balaban J connectivity index is 2.29. The van der Waals surface area contributed by atoms with Crippen molar-refractivity contribution in [3.63, 3.8) is 0 Å². The van der Waals surface area contributed by atoms with E-state index in [1.54, 1.807) is 34.6 Å². The van der Waals surface area contributed by atoms with Crippen LogP contribution in [0.25, 0.3) is 0 Å². The molecule has 3 aliphatic rings. The van der Waals surface area contributed by atoms with Gasteiger partial charge in [-0.1, -0.05) is 34.3 Å². The number of aliphatic hydroxyl groups is 2. The molecule has 47 heavy (non-hydrogen) atoms. The predicted octanol–water partition coefficient (Wildman–Crippen LogP) is 2.75. The minimum Gasteiger partial charge on any atom is -0.459 e. The summed E-state index contributed by atoms with van der Waals surface area (Å²) in [5.74, 6) is -5.11. The summed E-state index contributed by atoms with van der Waals surface area (Å²) >= 11 is 0. The molecule has 0 aromatic heterocycles. The van der Waals surface area contributed by atoms with Crippen molar-refractivity contribution in [2.45, 2.75) is 129 Å². The fourth-order valence-electron chi connectivity index (χ4n) is 7.48. The van der Waals surface area contributed by atoms with Crippen LogP contribution in [0.5, 0.6) is 0 Å². The Morgan fingerprint density at radius 2 is 1.77 bits per heavy atom. The minimum absolute atomic E-state index is 0.0397. The fraction of sp³-hybridized carbons (Fsp3) is 0.848. The van der Waals surface area contributed by atoms with Crippen molar-refractivity contribution in [2.24, 2.45) is 28.8 Å². The zero-order valence-electron chi connectivity index (χ0n) is 29.5. The van der Waals surface area contributed by atoms with Gasteiger partial charge in [0.25, 0.3) is 0 Å². The Kier molecular flexibility index (Phi) is 12.9. The van der Waals surface area contributed by atoms with Gasteiger partial charge in [-0.2, -0.15) is 0 Å². The molecule has 14 heteroatoms. The Labute approximate surface area is 277 Å². The number of cyclic esters (lactones) is 1. The number of hydrazone groups is 1. The average molecular weight is 670 g/mol. The van der Waals surface area contributed by atoms with Crippen molar-refractivity contribution in [1.82, 2.24) is 4.90 Å². The first-order valence-corrected chi connectivity index (χ1v) is 16.5. The summed E-state index contributed by atoms with van der Waals surface area (Å²) in [6.07, 6.45) is -5.15. The van der Waals surface area contributed by atoms with Crippen LogP contribution in [0.2, 0.25) is 0 Å². The SMILES string of the molecule is C=C1CO[C@H]2[C@@H](C)/C(=N/[N+](=O)[O-])[C@H](C)C[C@@](C)(OC1)[C@H](O[C@@H]1O[C@H](C)C[C@H](N(C)C)[C@H]1O)[C@@H](C)C(=O)[C@@H](C)C(=O)O[C@H](CC)[C@@]2(C)O. The topological polar surface area (TPSA) is 179 Å². The summed E-state index contributed by atoms with van der Waals surface area (Å²) in [6, 6.07) is -0.310. The third kappa shape index (κ3) is 8.64. The molecule has 268 valence electrons.